The van der Waals surface area contributed by atoms with Gasteiger partial charge in [0, 0.05) is 11.4 Å². The molecule has 1 fully saturated rings. The number of hydrogen-bond acceptors (Lipinski definition) is 6. The van der Waals surface area contributed by atoms with Crippen molar-refractivity contribution in [3.05, 3.63) is 60.7 Å². The molecular formula is C22H24NO7S2-. The van der Waals surface area contributed by atoms with E-state index in [4.69, 9.17) is 4.74 Å². The van der Waals surface area contributed by atoms with E-state index in [1.165, 1.54) is 48.5 Å². The number of carbonyl (C=O) groups is 1. The topological polar surface area (TPSA) is 124 Å². The minimum absolute atomic E-state index is 0.0456. The summed E-state index contributed by atoms with van der Waals surface area (Å²) >= 11 is -2.34. The second-order valence-corrected chi connectivity index (χ2v) is 10.6. The summed E-state index contributed by atoms with van der Waals surface area (Å²) in [6.45, 7) is 5.37. The van der Waals surface area contributed by atoms with E-state index in [2.05, 4.69) is 6.58 Å². The van der Waals surface area contributed by atoms with Gasteiger partial charge in [0.25, 0.3) is 0 Å². The zero-order chi connectivity index (χ0) is 23.5. The maximum absolute atomic E-state index is 13.5. The van der Waals surface area contributed by atoms with Gasteiger partial charge < -0.3 is 14.4 Å². The number of carboxylic acid groups (broad SMARTS) is 1. The molecule has 1 aliphatic rings. The van der Waals surface area contributed by atoms with Crippen LogP contribution in [0.3, 0.4) is 0 Å². The van der Waals surface area contributed by atoms with Crippen LogP contribution in [0.15, 0.2) is 70.5 Å². The smallest absolute Gasteiger partial charge is 0.325 e. The lowest BCUT2D eigenvalue weighted by molar-refractivity contribution is -0.148. The Balaban J connectivity index is 1.88. The molecule has 0 saturated heterocycles. The summed E-state index contributed by atoms with van der Waals surface area (Å²) in [6, 6.07) is 11.4. The Morgan fingerprint density at radius 1 is 1.12 bits per heavy atom. The number of sulfonamides is 1. The zero-order valence-electron chi connectivity index (χ0n) is 17.5. The lowest BCUT2D eigenvalue weighted by Gasteiger charge is -2.37. The van der Waals surface area contributed by atoms with Crippen LogP contribution in [0.5, 0.6) is 11.5 Å². The van der Waals surface area contributed by atoms with Gasteiger partial charge in [-0.15, -0.1) is 0 Å². The Morgan fingerprint density at radius 2 is 1.62 bits per heavy atom. The van der Waals surface area contributed by atoms with Gasteiger partial charge in [-0.3, -0.25) is 9.00 Å². The first-order chi connectivity index (χ1) is 15.1. The molecule has 0 radical (unpaired) electrons. The van der Waals surface area contributed by atoms with Crippen LogP contribution in [0.2, 0.25) is 0 Å². The molecule has 0 aliphatic heterocycles. The summed E-state index contributed by atoms with van der Waals surface area (Å²) in [7, 11) is -4.12. The quantitative estimate of drug-likeness (QED) is 0.431. The normalized spacial score (nSPS) is 16.6. The fourth-order valence-electron chi connectivity index (χ4n) is 3.80. The highest BCUT2D eigenvalue weighted by molar-refractivity contribution is 7.89. The van der Waals surface area contributed by atoms with Crippen molar-refractivity contribution < 1.29 is 31.8 Å². The molecule has 32 heavy (non-hydrogen) atoms. The van der Waals surface area contributed by atoms with Crippen LogP contribution in [-0.4, -0.2) is 44.6 Å². The van der Waals surface area contributed by atoms with Crippen LogP contribution in [-0.2, 0) is 25.9 Å². The lowest BCUT2D eigenvalue weighted by atomic mass is 9.97. The standard InChI is InChI=1S/C22H25NO7S2/c1-16(2)15-23(22(21(24)25)13-3-4-14-22)32(28,29)20-11-7-18(8-12-20)30-17-5-9-19(10-6-17)31(26)27/h5-12H,1,3-4,13-15H2,2H3,(H,24,25)(H,26,27)/p-1. The van der Waals surface area contributed by atoms with Gasteiger partial charge in [-0.25, -0.2) is 8.42 Å². The summed E-state index contributed by atoms with van der Waals surface area (Å²) in [5.74, 6) is -0.419. The molecule has 1 atom stereocenters. The van der Waals surface area contributed by atoms with E-state index < -0.39 is 32.6 Å². The van der Waals surface area contributed by atoms with Gasteiger partial charge >= 0.3 is 5.97 Å². The van der Waals surface area contributed by atoms with E-state index in [1.807, 2.05) is 0 Å². The summed E-state index contributed by atoms with van der Waals surface area (Å²) in [5.41, 5.74) is -0.945. The fourth-order valence-corrected chi connectivity index (χ4v) is 6.01. The molecule has 10 heteroatoms. The maximum Gasteiger partial charge on any atom is 0.325 e. The van der Waals surface area contributed by atoms with Crippen molar-refractivity contribution in [2.24, 2.45) is 0 Å². The highest BCUT2D eigenvalue weighted by atomic mass is 32.2. The molecule has 1 saturated carbocycles. The van der Waals surface area contributed by atoms with Crippen LogP contribution >= 0.6 is 0 Å². The SMILES string of the molecule is C=C(C)CN(C1(C(=O)O)CCCC1)S(=O)(=O)c1ccc(Oc2ccc(S(=O)[O-])cc2)cc1. The van der Waals surface area contributed by atoms with Crippen LogP contribution in [0.4, 0.5) is 0 Å². The minimum Gasteiger partial charge on any atom is -0.768 e. The van der Waals surface area contributed by atoms with Gasteiger partial charge in [0.15, 0.2) is 0 Å². The molecule has 1 aliphatic carbocycles. The van der Waals surface area contributed by atoms with Crippen molar-refractivity contribution in [2.75, 3.05) is 6.54 Å². The van der Waals surface area contributed by atoms with Crippen LogP contribution in [0.1, 0.15) is 32.6 Å². The van der Waals surface area contributed by atoms with Crippen LogP contribution in [0.25, 0.3) is 0 Å². The predicted octanol–water partition coefficient (Wildman–Crippen LogP) is 3.68. The molecule has 0 amide bonds. The Hall–Kier alpha value is -2.53. The molecule has 0 bridgehead atoms. The molecule has 2 aromatic carbocycles. The Morgan fingerprint density at radius 3 is 2.06 bits per heavy atom. The lowest BCUT2D eigenvalue weighted by Crippen LogP contribution is -2.55. The zero-order valence-corrected chi connectivity index (χ0v) is 19.2. The van der Waals surface area contributed by atoms with E-state index in [1.54, 1.807) is 6.92 Å². The van der Waals surface area contributed by atoms with E-state index in [0.717, 1.165) is 4.31 Å². The maximum atomic E-state index is 13.5. The monoisotopic (exact) mass is 478 g/mol. The van der Waals surface area contributed by atoms with E-state index in [-0.39, 0.29) is 29.2 Å². The second kappa shape index (κ2) is 9.53. The molecule has 172 valence electrons. The van der Waals surface area contributed by atoms with Crippen molar-refractivity contribution in [2.45, 2.75) is 47.9 Å². The molecule has 3 rings (SSSR count). The summed E-state index contributed by atoms with van der Waals surface area (Å²) in [4.78, 5) is 12.2. The molecule has 0 aromatic heterocycles. The van der Waals surface area contributed by atoms with Gasteiger partial charge in [-0.2, -0.15) is 4.31 Å². The first-order valence-corrected chi connectivity index (χ1v) is 12.5. The third-order valence-corrected chi connectivity index (χ3v) is 7.97. The first kappa shape index (κ1) is 24.1. The third-order valence-electron chi connectivity index (χ3n) is 5.38. The average molecular weight is 479 g/mol. The van der Waals surface area contributed by atoms with Crippen molar-refractivity contribution in [3.63, 3.8) is 0 Å². The molecule has 0 spiro atoms. The Kier molecular flexibility index (Phi) is 7.19. The number of benzene rings is 2. The largest absolute Gasteiger partial charge is 0.768 e. The van der Waals surface area contributed by atoms with Crippen LogP contribution in [0, 0.1) is 0 Å². The molecule has 1 unspecified atom stereocenters. The van der Waals surface area contributed by atoms with Crippen molar-refractivity contribution in [1.29, 1.82) is 0 Å². The highest BCUT2D eigenvalue weighted by Gasteiger charge is 2.51. The summed E-state index contributed by atoms with van der Waals surface area (Å²) in [5, 5.41) is 9.92. The summed E-state index contributed by atoms with van der Waals surface area (Å²) in [6.07, 6.45) is 1.78. The third kappa shape index (κ3) is 4.93. The van der Waals surface area contributed by atoms with Gasteiger partial charge in [0.05, 0.1) is 4.90 Å². The van der Waals surface area contributed by atoms with E-state index in [9.17, 15) is 27.1 Å². The molecule has 1 N–H and O–H groups in total. The number of nitrogens with zero attached hydrogens (tertiary/aromatic N) is 1. The first-order valence-electron chi connectivity index (χ1n) is 9.94. The number of rotatable bonds is 9. The fraction of sp³-hybridized carbons (Fsp3) is 0.318. The van der Waals surface area contributed by atoms with E-state index in [0.29, 0.717) is 29.9 Å². The van der Waals surface area contributed by atoms with Crippen molar-refractivity contribution >= 4 is 27.1 Å². The molecule has 0 heterocycles. The molecule has 8 nitrogen and oxygen atoms in total. The van der Waals surface area contributed by atoms with E-state index >= 15 is 0 Å². The van der Waals surface area contributed by atoms with Gasteiger partial charge in [-0.1, -0.05) is 25.0 Å². The van der Waals surface area contributed by atoms with Crippen LogP contribution < -0.4 is 4.74 Å². The number of carboxylic acids is 1. The Bertz CT molecular complexity index is 1120. The molecule has 2 aromatic rings. The van der Waals surface area contributed by atoms with Gasteiger partial charge in [-0.05, 0) is 79.4 Å². The summed E-state index contributed by atoms with van der Waals surface area (Å²) < 4.78 is 55.5. The number of hydrogen-bond donors (Lipinski definition) is 1. The second-order valence-electron chi connectivity index (χ2n) is 7.79. The number of ether oxygens (including phenoxy) is 1. The van der Waals surface area contributed by atoms with Crippen molar-refractivity contribution in [3.8, 4) is 11.5 Å². The number of aliphatic carboxylic acids is 1. The average Bonchev–Trinajstić information content (AvgIpc) is 3.23. The van der Waals surface area contributed by atoms with Gasteiger partial charge in [0.1, 0.15) is 17.0 Å². The van der Waals surface area contributed by atoms with Gasteiger partial charge in [0.2, 0.25) is 10.0 Å². The highest BCUT2D eigenvalue weighted by Crippen LogP contribution is 2.39. The minimum atomic E-state index is -4.12. The molecular weight excluding hydrogens is 454 g/mol. The van der Waals surface area contributed by atoms with Crippen molar-refractivity contribution in [1.82, 2.24) is 4.31 Å². The Labute approximate surface area is 189 Å². The predicted molar refractivity (Wildman–Crippen MR) is 118 cm³/mol.